The van der Waals surface area contributed by atoms with Crippen LogP contribution in [0.2, 0.25) is 0 Å². The Morgan fingerprint density at radius 3 is 2.36 bits per heavy atom. The van der Waals surface area contributed by atoms with E-state index >= 15 is 0 Å². The number of piperazine rings is 1. The summed E-state index contributed by atoms with van der Waals surface area (Å²) in [6.45, 7) is 10.8. The van der Waals surface area contributed by atoms with Crippen LogP contribution in [0.4, 0.5) is 4.79 Å². The molecule has 2 N–H and O–H groups in total. The van der Waals surface area contributed by atoms with Gasteiger partial charge in [0.1, 0.15) is 0 Å². The van der Waals surface area contributed by atoms with Crippen LogP contribution in [-0.4, -0.2) is 79.3 Å². The molecule has 2 aliphatic heterocycles. The molecule has 0 aromatic rings. The highest BCUT2D eigenvalue weighted by Crippen LogP contribution is 2.15. The lowest BCUT2D eigenvalue weighted by atomic mass is 10.1. The summed E-state index contributed by atoms with van der Waals surface area (Å²) < 4.78 is 5.43. The maximum atomic E-state index is 12.1. The zero-order valence-corrected chi connectivity index (χ0v) is 13.8. The van der Waals surface area contributed by atoms with Crippen molar-refractivity contribution >= 4 is 11.9 Å². The first kappa shape index (κ1) is 17.2. The minimum atomic E-state index is -0.423. The van der Waals surface area contributed by atoms with Gasteiger partial charge in [0.15, 0.2) is 0 Å². The Balaban J connectivity index is 1.75. The van der Waals surface area contributed by atoms with Gasteiger partial charge in [0.2, 0.25) is 5.91 Å². The molecule has 0 aromatic carbocycles. The van der Waals surface area contributed by atoms with E-state index in [1.165, 1.54) is 0 Å². The molecule has 0 aliphatic carbocycles. The summed E-state index contributed by atoms with van der Waals surface area (Å²) in [5, 5.41) is 5.07. The second-order valence-electron chi connectivity index (χ2n) is 6.38. The molecule has 22 heavy (non-hydrogen) atoms. The molecule has 2 aliphatic rings. The van der Waals surface area contributed by atoms with Crippen molar-refractivity contribution in [3.63, 3.8) is 0 Å². The maximum absolute atomic E-state index is 12.1. The fourth-order valence-electron chi connectivity index (χ4n) is 2.98. The van der Waals surface area contributed by atoms with Gasteiger partial charge in [0.05, 0.1) is 12.6 Å². The van der Waals surface area contributed by atoms with Gasteiger partial charge in [-0.05, 0) is 27.2 Å². The molecule has 7 nitrogen and oxygen atoms in total. The van der Waals surface area contributed by atoms with Crippen LogP contribution in [0.1, 0.15) is 27.2 Å². The largest absolute Gasteiger partial charge is 0.380 e. The minimum absolute atomic E-state index is 0.0141. The van der Waals surface area contributed by atoms with Crippen LogP contribution in [0.3, 0.4) is 0 Å². The van der Waals surface area contributed by atoms with E-state index in [0.717, 1.165) is 45.8 Å². The Bertz CT molecular complexity index is 388. The molecule has 2 rings (SSSR count). The first-order valence-electron chi connectivity index (χ1n) is 8.14. The highest BCUT2D eigenvalue weighted by atomic mass is 16.5. The van der Waals surface area contributed by atoms with Gasteiger partial charge in [-0.2, -0.15) is 0 Å². The molecular formula is C15H28N4O3. The number of ether oxygens (including phenoxy) is 1. The van der Waals surface area contributed by atoms with E-state index in [-0.39, 0.29) is 18.0 Å². The van der Waals surface area contributed by atoms with Crippen LogP contribution in [0.25, 0.3) is 0 Å². The lowest BCUT2D eigenvalue weighted by Gasteiger charge is -2.39. The summed E-state index contributed by atoms with van der Waals surface area (Å²) in [6.07, 6.45) is 1.10. The molecule has 0 unspecified atom stereocenters. The quantitative estimate of drug-likeness (QED) is 0.765. The number of urea groups is 1. The van der Waals surface area contributed by atoms with Crippen molar-refractivity contribution in [1.29, 1.82) is 0 Å². The van der Waals surface area contributed by atoms with E-state index in [1.54, 1.807) is 0 Å². The molecular weight excluding hydrogens is 284 g/mol. The van der Waals surface area contributed by atoms with E-state index in [2.05, 4.69) is 20.4 Å². The Morgan fingerprint density at radius 2 is 1.82 bits per heavy atom. The summed E-state index contributed by atoms with van der Waals surface area (Å²) in [5.41, 5.74) is 0. The Hall–Kier alpha value is -1.18. The third-order valence-corrected chi connectivity index (χ3v) is 4.35. The van der Waals surface area contributed by atoms with Gasteiger partial charge in [-0.3, -0.25) is 19.9 Å². The molecule has 2 fully saturated rings. The fraction of sp³-hybridized carbons (Fsp3) is 0.867. The summed E-state index contributed by atoms with van der Waals surface area (Å²) >= 11 is 0. The molecule has 7 heteroatoms. The topological polar surface area (TPSA) is 73.9 Å². The van der Waals surface area contributed by atoms with Gasteiger partial charge in [-0.25, -0.2) is 4.79 Å². The number of imide groups is 1. The molecule has 2 saturated heterocycles. The minimum Gasteiger partial charge on any atom is -0.380 e. The van der Waals surface area contributed by atoms with Crippen molar-refractivity contribution in [3.05, 3.63) is 0 Å². The van der Waals surface area contributed by atoms with Gasteiger partial charge >= 0.3 is 6.03 Å². The maximum Gasteiger partial charge on any atom is 0.321 e. The number of amides is 3. The summed E-state index contributed by atoms with van der Waals surface area (Å²) in [6, 6.07) is -0.170. The third-order valence-electron chi connectivity index (χ3n) is 4.35. The van der Waals surface area contributed by atoms with Crippen molar-refractivity contribution in [2.45, 2.75) is 45.3 Å². The van der Waals surface area contributed by atoms with Crippen LogP contribution in [0.15, 0.2) is 0 Å². The molecule has 0 aromatic heterocycles. The monoisotopic (exact) mass is 312 g/mol. The van der Waals surface area contributed by atoms with Crippen molar-refractivity contribution in [1.82, 2.24) is 20.4 Å². The smallest absolute Gasteiger partial charge is 0.321 e. The standard InChI is InChI=1S/C15H28N4O3/c1-11(2)16-15(21)17-14(20)12(3)18-5-7-19(8-6-18)13-4-9-22-10-13/h11-13H,4-10H2,1-3H3,(H2,16,17,20,21)/t12-,13-/m0/s1. The van der Waals surface area contributed by atoms with Crippen LogP contribution in [-0.2, 0) is 9.53 Å². The van der Waals surface area contributed by atoms with Gasteiger partial charge < -0.3 is 10.1 Å². The molecule has 2 atom stereocenters. The Morgan fingerprint density at radius 1 is 1.14 bits per heavy atom. The molecule has 126 valence electrons. The Kier molecular flexibility index (Phi) is 6.16. The number of nitrogens with one attached hydrogen (secondary N) is 2. The van der Waals surface area contributed by atoms with E-state index in [9.17, 15) is 9.59 Å². The second-order valence-corrected chi connectivity index (χ2v) is 6.38. The van der Waals surface area contributed by atoms with Gasteiger partial charge in [0, 0.05) is 44.9 Å². The van der Waals surface area contributed by atoms with E-state index in [1.807, 2.05) is 20.8 Å². The van der Waals surface area contributed by atoms with Crippen LogP contribution in [0, 0.1) is 0 Å². The summed E-state index contributed by atoms with van der Waals surface area (Å²) in [4.78, 5) is 28.3. The summed E-state index contributed by atoms with van der Waals surface area (Å²) in [7, 11) is 0. The van der Waals surface area contributed by atoms with Crippen LogP contribution in [0.5, 0.6) is 0 Å². The lowest BCUT2D eigenvalue weighted by Crippen LogP contribution is -2.57. The fourth-order valence-corrected chi connectivity index (χ4v) is 2.98. The number of nitrogens with zero attached hydrogens (tertiary/aromatic N) is 2. The third kappa shape index (κ3) is 4.66. The van der Waals surface area contributed by atoms with Gasteiger partial charge in [-0.15, -0.1) is 0 Å². The van der Waals surface area contributed by atoms with Crippen molar-refractivity contribution in [2.75, 3.05) is 39.4 Å². The average molecular weight is 312 g/mol. The number of hydrogen-bond donors (Lipinski definition) is 2. The molecule has 0 spiro atoms. The zero-order valence-electron chi connectivity index (χ0n) is 13.8. The zero-order chi connectivity index (χ0) is 16.1. The van der Waals surface area contributed by atoms with E-state index in [0.29, 0.717) is 6.04 Å². The molecule has 0 bridgehead atoms. The van der Waals surface area contributed by atoms with E-state index in [4.69, 9.17) is 4.74 Å². The SMILES string of the molecule is CC(C)NC(=O)NC(=O)[C@H](C)N1CCN([C@H]2CCOC2)CC1. The first-order valence-corrected chi connectivity index (χ1v) is 8.14. The molecule has 3 amide bonds. The number of hydrogen-bond acceptors (Lipinski definition) is 5. The van der Waals surface area contributed by atoms with Crippen molar-refractivity contribution in [3.8, 4) is 0 Å². The summed E-state index contributed by atoms with van der Waals surface area (Å²) in [5.74, 6) is -0.240. The van der Waals surface area contributed by atoms with Crippen molar-refractivity contribution in [2.24, 2.45) is 0 Å². The molecule has 0 saturated carbocycles. The highest BCUT2D eigenvalue weighted by Gasteiger charge is 2.30. The van der Waals surface area contributed by atoms with Crippen LogP contribution >= 0.6 is 0 Å². The molecule has 2 heterocycles. The first-order chi connectivity index (χ1) is 10.5. The number of carbonyl (C=O) groups excluding carboxylic acids is 2. The Labute approximate surface area is 132 Å². The number of rotatable bonds is 4. The highest BCUT2D eigenvalue weighted by molar-refractivity contribution is 5.96. The van der Waals surface area contributed by atoms with E-state index < -0.39 is 6.03 Å². The van der Waals surface area contributed by atoms with Gasteiger partial charge in [-0.1, -0.05) is 0 Å². The van der Waals surface area contributed by atoms with Crippen LogP contribution < -0.4 is 10.6 Å². The molecule has 0 radical (unpaired) electrons. The van der Waals surface area contributed by atoms with Gasteiger partial charge in [0.25, 0.3) is 0 Å². The lowest BCUT2D eigenvalue weighted by molar-refractivity contribution is -0.125. The average Bonchev–Trinajstić information content (AvgIpc) is 2.99. The second kappa shape index (κ2) is 7.89. The predicted molar refractivity (Wildman–Crippen MR) is 83.6 cm³/mol. The number of carbonyl (C=O) groups is 2. The normalized spacial score (nSPS) is 25.2. The predicted octanol–water partition coefficient (Wildman–Crippen LogP) is 0.0156. The van der Waals surface area contributed by atoms with Crippen molar-refractivity contribution < 1.29 is 14.3 Å².